The van der Waals surface area contributed by atoms with Gasteiger partial charge in [0.05, 0.1) is 16.7 Å². The van der Waals surface area contributed by atoms with Gasteiger partial charge in [-0.15, -0.1) is 0 Å². The van der Waals surface area contributed by atoms with E-state index in [-0.39, 0.29) is 0 Å². The summed E-state index contributed by atoms with van der Waals surface area (Å²) in [5, 5.41) is 9.69. The predicted octanol–water partition coefficient (Wildman–Crippen LogP) is 13.5. The Labute approximate surface area is 305 Å². The van der Waals surface area contributed by atoms with E-state index in [9.17, 15) is 0 Å². The minimum absolute atomic E-state index is 0.841. The summed E-state index contributed by atoms with van der Waals surface area (Å²) in [6.07, 6.45) is 1.83. The molecule has 0 saturated heterocycles. The quantitative estimate of drug-likeness (QED) is 0.170. The lowest BCUT2D eigenvalue weighted by Gasteiger charge is -2.24. The molecule has 0 N–H and O–H groups in total. The highest BCUT2D eigenvalue weighted by atomic mass is 16.3. The van der Waals surface area contributed by atoms with Crippen LogP contribution >= 0.6 is 0 Å². The van der Waals surface area contributed by atoms with E-state index in [1.54, 1.807) is 0 Å². The van der Waals surface area contributed by atoms with Crippen molar-refractivity contribution in [3.05, 3.63) is 188 Å². The van der Waals surface area contributed by atoms with E-state index in [1.807, 2.05) is 42.6 Å². The molecule has 0 spiro atoms. The van der Waals surface area contributed by atoms with Gasteiger partial charge in [0.2, 0.25) is 0 Å². The molecule has 53 heavy (non-hydrogen) atoms. The van der Waals surface area contributed by atoms with E-state index in [1.165, 1.54) is 48.9 Å². The molecular weight excluding hydrogens is 647 g/mol. The van der Waals surface area contributed by atoms with Gasteiger partial charge in [-0.05, 0) is 112 Å². The average Bonchev–Trinajstić information content (AvgIpc) is 3.76. The van der Waals surface area contributed by atoms with Crippen LogP contribution in [0.2, 0.25) is 0 Å². The van der Waals surface area contributed by atoms with Crippen LogP contribution < -0.4 is 4.90 Å². The maximum atomic E-state index is 6.49. The zero-order chi connectivity index (χ0) is 34.9. The molecule has 4 nitrogen and oxygen atoms in total. The van der Waals surface area contributed by atoms with Gasteiger partial charge in [0.1, 0.15) is 17.0 Å². The lowest BCUT2D eigenvalue weighted by Crippen LogP contribution is -2.11. The maximum Gasteiger partial charge on any atom is 0.137 e. The summed E-state index contributed by atoms with van der Waals surface area (Å²) in [6, 6.07) is 64.8. The van der Waals surface area contributed by atoms with Crippen molar-refractivity contribution in [2.45, 2.75) is 0 Å². The first-order valence-electron chi connectivity index (χ1n) is 17.9. The fourth-order valence-electron chi connectivity index (χ4n) is 8.12. The third kappa shape index (κ3) is 4.73. The van der Waals surface area contributed by atoms with Gasteiger partial charge in [-0.2, -0.15) is 0 Å². The van der Waals surface area contributed by atoms with Gasteiger partial charge in [0.25, 0.3) is 0 Å². The van der Waals surface area contributed by atoms with Crippen molar-refractivity contribution < 1.29 is 4.42 Å². The molecule has 0 amide bonds. The number of nitrogens with zero attached hydrogens (tertiary/aromatic N) is 3. The molecule has 11 rings (SSSR count). The third-order valence-electron chi connectivity index (χ3n) is 10.6. The molecule has 4 heteroatoms. The SMILES string of the molecule is c1ccc(N(c2ccc3c(c2)oc2ccc(-c4ccc5c(c4)c4ccccc4n5-c4ccc5ccc6ccccc6c5c4)cc23)c2ccccn2)cc1. The lowest BCUT2D eigenvalue weighted by atomic mass is 10.0. The minimum Gasteiger partial charge on any atom is -0.456 e. The Morgan fingerprint density at radius 3 is 2.00 bits per heavy atom. The topological polar surface area (TPSA) is 34.2 Å². The van der Waals surface area contributed by atoms with Crippen LogP contribution in [0.25, 0.3) is 82.1 Å². The van der Waals surface area contributed by atoms with Crippen LogP contribution in [-0.4, -0.2) is 9.55 Å². The van der Waals surface area contributed by atoms with E-state index in [0.717, 1.165) is 50.4 Å². The first-order valence-corrected chi connectivity index (χ1v) is 17.9. The number of hydrogen-bond acceptors (Lipinski definition) is 3. The molecule has 248 valence electrons. The van der Waals surface area contributed by atoms with Crippen LogP contribution in [0.5, 0.6) is 0 Å². The summed E-state index contributed by atoms with van der Waals surface area (Å²) in [5.74, 6) is 0.849. The van der Waals surface area contributed by atoms with Crippen LogP contribution in [0.3, 0.4) is 0 Å². The standard InChI is InChI=1S/C49H31N3O/c1-2-11-36(12-3-1)51(49-16-8-9-27-50-49)38-23-24-41-44-29-35(21-26-47(44)53-48(41)31-38)34-20-25-46-43(28-34)40-14-6-7-15-45(40)52(46)37-22-19-33-18-17-32-10-4-5-13-39(32)42(33)30-37/h1-31H. The average molecular weight is 678 g/mol. The molecule has 0 aliphatic carbocycles. The Morgan fingerprint density at radius 2 is 1.13 bits per heavy atom. The smallest absolute Gasteiger partial charge is 0.137 e. The molecule has 0 saturated carbocycles. The van der Waals surface area contributed by atoms with Crippen molar-refractivity contribution in [1.82, 2.24) is 9.55 Å². The molecule has 3 aromatic heterocycles. The number of pyridine rings is 1. The van der Waals surface area contributed by atoms with E-state index >= 15 is 0 Å². The number of furan rings is 1. The van der Waals surface area contributed by atoms with E-state index in [2.05, 4.69) is 160 Å². The van der Waals surface area contributed by atoms with Crippen molar-refractivity contribution in [3.63, 3.8) is 0 Å². The number of fused-ring (bicyclic) bond motifs is 9. The first kappa shape index (κ1) is 29.5. The number of aromatic nitrogens is 2. The van der Waals surface area contributed by atoms with Gasteiger partial charge < -0.3 is 8.98 Å². The molecule has 3 heterocycles. The molecule has 0 atom stereocenters. The fourth-order valence-corrected chi connectivity index (χ4v) is 8.12. The molecule has 0 unspecified atom stereocenters. The molecule has 11 aromatic rings. The van der Waals surface area contributed by atoms with Crippen molar-refractivity contribution in [2.24, 2.45) is 0 Å². The van der Waals surface area contributed by atoms with Crippen molar-refractivity contribution in [3.8, 4) is 16.8 Å². The largest absolute Gasteiger partial charge is 0.456 e. The maximum absolute atomic E-state index is 6.49. The minimum atomic E-state index is 0.841. The van der Waals surface area contributed by atoms with Crippen molar-refractivity contribution >= 4 is 82.5 Å². The zero-order valence-corrected chi connectivity index (χ0v) is 28.6. The van der Waals surface area contributed by atoms with Gasteiger partial charge in [-0.1, -0.05) is 97.1 Å². The summed E-state index contributed by atoms with van der Waals surface area (Å²) in [4.78, 5) is 6.83. The summed E-state index contributed by atoms with van der Waals surface area (Å²) in [7, 11) is 0. The zero-order valence-electron chi connectivity index (χ0n) is 28.6. The van der Waals surface area contributed by atoms with Gasteiger partial charge in [-0.3, -0.25) is 4.90 Å². The monoisotopic (exact) mass is 677 g/mol. The summed E-state index contributed by atoms with van der Waals surface area (Å²) in [5.41, 5.74) is 9.60. The molecular formula is C49H31N3O. The molecule has 8 aromatic carbocycles. The molecule has 0 radical (unpaired) electrons. The Hall–Kier alpha value is -7.17. The fraction of sp³-hybridized carbons (Fsp3) is 0. The van der Waals surface area contributed by atoms with Crippen LogP contribution in [0.15, 0.2) is 193 Å². The van der Waals surface area contributed by atoms with E-state index in [4.69, 9.17) is 4.42 Å². The summed E-state index contributed by atoms with van der Waals surface area (Å²) < 4.78 is 8.90. The highest BCUT2D eigenvalue weighted by Crippen LogP contribution is 2.40. The van der Waals surface area contributed by atoms with Crippen LogP contribution in [0.4, 0.5) is 17.2 Å². The second-order valence-electron chi connectivity index (χ2n) is 13.6. The summed E-state index contributed by atoms with van der Waals surface area (Å²) >= 11 is 0. The number of benzene rings is 8. The Bertz CT molecular complexity index is 3140. The highest BCUT2D eigenvalue weighted by molar-refractivity contribution is 6.13. The van der Waals surface area contributed by atoms with Crippen molar-refractivity contribution in [2.75, 3.05) is 4.90 Å². The van der Waals surface area contributed by atoms with Crippen LogP contribution in [0, 0.1) is 0 Å². The van der Waals surface area contributed by atoms with Crippen LogP contribution in [-0.2, 0) is 0 Å². The Kier molecular flexibility index (Phi) is 6.52. The van der Waals surface area contributed by atoms with Crippen molar-refractivity contribution in [1.29, 1.82) is 0 Å². The number of anilines is 3. The van der Waals surface area contributed by atoms with Gasteiger partial charge in [-0.25, -0.2) is 4.98 Å². The Balaban J connectivity index is 1.03. The number of hydrogen-bond donors (Lipinski definition) is 0. The van der Waals surface area contributed by atoms with E-state index in [0.29, 0.717) is 0 Å². The summed E-state index contributed by atoms with van der Waals surface area (Å²) in [6.45, 7) is 0. The van der Waals surface area contributed by atoms with E-state index < -0.39 is 0 Å². The number of para-hydroxylation sites is 2. The normalized spacial score (nSPS) is 11.8. The Morgan fingerprint density at radius 1 is 0.415 bits per heavy atom. The lowest BCUT2D eigenvalue weighted by molar-refractivity contribution is 0.669. The molecule has 0 bridgehead atoms. The first-order chi connectivity index (χ1) is 26.3. The van der Waals surface area contributed by atoms with Gasteiger partial charge in [0.15, 0.2) is 0 Å². The molecule has 0 aliphatic rings. The molecule has 0 aliphatic heterocycles. The van der Waals surface area contributed by atoms with Gasteiger partial charge in [0, 0.05) is 45.2 Å². The van der Waals surface area contributed by atoms with Gasteiger partial charge >= 0.3 is 0 Å². The predicted molar refractivity (Wildman–Crippen MR) is 221 cm³/mol. The second-order valence-corrected chi connectivity index (χ2v) is 13.6. The third-order valence-corrected chi connectivity index (χ3v) is 10.6. The highest BCUT2D eigenvalue weighted by Gasteiger charge is 2.18. The number of rotatable bonds is 5. The second kappa shape index (κ2) is 11.7. The molecule has 0 fully saturated rings. The van der Waals surface area contributed by atoms with Crippen LogP contribution in [0.1, 0.15) is 0 Å².